The Balaban J connectivity index is 1.24. The number of nitrogens with zero attached hydrogens (tertiary/aromatic N) is 1. The summed E-state index contributed by atoms with van der Waals surface area (Å²) in [5.74, 6) is 4.94. The molecule has 7 heteroatoms. The maximum Gasteiger partial charge on any atom is 0.423 e. The second-order valence-corrected chi connectivity index (χ2v) is 15.7. The summed E-state index contributed by atoms with van der Waals surface area (Å²) in [7, 11) is -3.47. The van der Waals surface area contributed by atoms with Crippen LogP contribution in [0.5, 0.6) is 0 Å². The molecule has 0 aromatic rings. The average molecular weight is 524 g/mol. The molecule has 5 rings (SSSR count). The number of hydrogen-bond donors (Lipinski definition) is 1. The van der Waals surface area contributed by atoms with Gasteiger partial charge in [-0.05, 0) is 116 Å². The molecule has 0 aromatic heterocycles. The maximum atomic E-state index is 12.3. The number of fused-ring (bicyclic) bond motifs is 5. The van der Waals surface area contributed by atoms with Crippen LogP contribution in [0.3, 0.4) is 0 Å². The van der Waals surface area contributed by atoms with E-state index in [4.69, 9.17) is 4.74 Å². The molecular weight excluding hydrogens is 474 g/mol. The lowest BCUT2D eigenvalue weighted by Crippen LogP contribution is -2.56. The Hall–Kier alpha value is -0.820. The summed E-state index contributed by atoms with van der Waals surface area (Å²) in [5.41, 5.74) is 0.733. The molecule has 10 atom stereocenters. The van der Waals surface area contributed by atoms with Crippen LogP contribution in [0, 0.1) is 52.3 Å². The molecule has 6 nitrogen and oxygen atoms in total. The van der Waals surface area contributed by atoms with Crippen LogP contribution in [0.25, 0.3) is 0 Å². The van der Waals surface area contributed by atoms with Crippen molar-refractivity contribution in [3.63, 3.8) is 0 Å². The Morgan fingerprint density at radius 2 is 1.78 bits per heavy atom. The molecule has 0 bridgehead atoms. The fourth-order valence-electron chi connectivity index (χ4n) is 10.4. The Morgan fingerprint density at radius 1 is 1.06 bits per heavy atom. The van der Waals surface area contributed by atoms with Gasteiger partial charge in [-0.3, -0.25) is 0 Å². The van der Waals surface area contributed by atoms with Crippen molar-refractivity contribution in [3.05, 3.63) is 0 Å². The number of carbonyl (C=O) groups is 1. The van der Waals surface area contributed by atoms with Gasteiger partial charge in [0, 0.05) is 6.54 Å². The number of aliphatic hydroxyl groups is 1. The molecule has 4 aliphatic carbocycles. The van der Waals surface area contributed by atoms with Gasteiger partial charge in [0.1, 0.15) is 0 Å². The third-order valence-electron chi connectivity index (χ3n) is 12.2. The van der Waals surface area contributed by atoms with Gasteiger partial charge >= 0.3 is 6.09 Å². The average Bonchev–Trinajstić information content (AvgIpc) is 3.37. The van der Waals surface area contributed by atoms with Crippen LogP contribution in [0.1, 0.15) is 98.3 Å². The zero-order valence-electron chi connectivity index (χ0n) is 23.0. The third-order valence-corrected chi connectivity index (χ3v) is 14.0. The van der Waals surface area contributed by atoms with E-state index >= 15 is 0 Å². The normalized spacial score (nSPS) is 46.5. The van der Waals surface area contributed by atoms with Gasteiger partial charge in [0.15, 0.2) is 0 Å². The predicted octanol–water partition coefficient (Wildman–Crippen LogP) is 5.84. The smallest absolute Gasteiger partial charge is 0.423 e. The second-order valence-electron chi connectivity index (χ2n) is 13.7. The van der Waals surface area contributed by atoms with E-state index in [0.717, 1.165) is 47.2 Å². The standard InChI is InChI=1S/C29H49NO5S/c1-5-20-17-22-24-8-7-23(19(2)11-15-35-27(32)30-14-6-16-36(30,33)34)28(24,3)13-10-25(22)29(4)12-9-21(31)18-26(20)29/h19-26,31H,5-18H2,1-4H3/t19-,20+,21-,22+,23?,24+,25+,26+,28-,29-/m1/s1. The van der Waals surface area contributed by atoms with E-state index in [1.165, 1.54) is 44.9 Å². The number of rotatable bonds is 5. The van der Waals surface area contributed by atoms with Gasteiger partial charge in [-0.1, -0.05) is 34.1 Å². The summed E-state index contributed by atoms with van der Waals surface area (Å²) in [6.07, 6.45) is 11.5. The summed E-state index contributed by atoms with van der Waals surface area (Å²) in [4.78, 5) is 12.3. The zero-order valence-corrected chi connectivity index (χ0v) is 23.8. The molecule has 206 valence electrons. The molecule has 1 amide bonds. The van der Waals surface area contributed by atoms with Crippen molar-refractivity contribution in [1.82, 2.24) is 4.31 Å². The molecule has 1 heterocycles. The van der Waals surface area contributed by atoms with Crippen molar-refractivity contribution in [1.29, 1.82) is 0 Å². The van der Waals surface area contributed by atoms with Crippen LogP contribution < -0.4 is 0 Å². The number of hydrogen-bond acceptors (Lipinski definition) is 5. The Morgan fingerprint density at radius 3 is 2.47 bits per heavy atom. The van der Waals surface area contributed by atoms with Gasteiger partial charge < -0.3 is 9.84 Å². The highest BCUT2D eigenvalue weighted by Gasteiger charge is 2.62. The molecule has 36 heavy (non-hydrogen) atoms. The highest BCUT2D eigenvalue weighted by atomic mass is 32.2. The Bertz CT molecular complexity index is 938. The minimum atomic E-state index is -3.47. The summed E-state index contributed by atoms with van der Waals surface area (Å²) in [5, 5.41) is 10.5. The molecule has 1 aliphatic heterocycles. The molecule has 1 saturated heterocycles. The highest BCUT2D eigenvalue weighted by Crippen LogP contribution is 2.69. The summed E-state index contributed by atoms with van der Waals surface area (Å²) >= 11 is 0. The van der Waals surface area contributed by atoms with Crippen LogP contribution in [0.15, 0.2) is 0 Å². The number of amides is 1. The van der Waals surface area contributed by atoms with Crippen molar-refractivity contribution in [2.75, 3.05) is 18.9 Å². The fourth-order valence-corrected chi connectivity index (χ4v) is 11.8. The van der Waals surface area contributed by atoms with Gasteiger partial charge in [-0.25, -0.2) is 17.5 Å². The van der Waals surface area contributed by atoms with Gasteiger partial charge in [-0.2, -0.15) is 0 Å². The first-order valence-corrected chi connectivity index (χ1v) is 16.5. The number of ether oxygens (including phenoxy) is 1. The third kappa shape index (κ3) is 4.32. The first-order valence-electron chi connectivity index (χ1n) is 14.9. The van der Waals surface area contributed by atoms with E-state index in [2.05, 4.69) is 27.7 Å². The molecule has 0 radical (unpaired) electrons. The SMILES string of the molecule is CC[C@H]1C[C@@H]2[C@H](CC[C@]3(C)C([C@H](C)CCOC(=O)N4CCCS4(=O)=O)CC[C@@H]23)[C@@]2(C)CC[C@@H](O)C[C@@H]12. The van der Waals surface area contributed by atoms with Gasteiger partial charge in [0.2, 0.25) is 10.0 Å². The fraction of sp³-hybridized carbons (Fsp3) is 0.966. The van der Waals surface area contributed by atoms with E-state index in [0.29, 0.717) is 41.6 Å². The van der Waals surface area contributed by atoms with Crippen molar-refractivity contribution < 1.29 is 23.1 Å². The van der Waals surface area contributed by atoms with E-state index in [-0.39, 0.29) is 18.4 Å². The lowest BCUT2D eigenvalue weighted by Gasteiger charge is -2.63. The largest absolute Gasteiger partial charge is 0.449 e. The quantitative estimate of drug-likeness (QED) is 0.489. The van der Waals surface area contributed by atoms with Crippen LogP contribution in [-0.4, -0.2) is 48.9 Å². The van der Waals surface area contributed by atoms with Gasteiger partial charge in [-0.15, -0.1) is 0 Å². The first kappa shape index (κ1) is 26.8. The van der Waals surface area contributed by atoms with Crippen LogP contribution >= 0.6 is 0 Å². The molecule has 5 fully saturated rings. The summed E-state index contributed by atoms with van der Waals surface area (Å²) in [6.45, 7) is 10.4. The number of aliphatic hydroxyl groups excluding tert-OH is 1. The molecule has 1 N–H and O–H groups in total. The van der Waals surface area contributed by atoms with Crippen molar-refractivity contribution in [2.24, 2.45) is 52.3 Å². The van der Waals surface area contributed by atoms with Crippen LogP contribution in [0.4, 0.5) is 4.79 Å². The zero-order chi connectivity index (χ0) is 25.9. The summed E-state index contributed by atoms with van der Waals surface area (Å²) in [6, 6.07) is 0. The van der Waals surface area contributed by atoms with Gasteiger partial charge in [0.05, 0.1) is 18.5 Å². The van der Waals surface area contributed by atoms with Gasteiger partial charge in [0.25, 0.3) is 0 Å². The lowest BCUT2D eigenvalue weighted by atomic mass is 9.42. The van der Waals surface area contributed by atoms with Crippen LogP contribution in [-0.2, 0) is 14.8 Å². The molecule has 1 unspecified atom stereocenters. The Kier molecular flexibility index (Phi) is 7.24. The predicted molar refractivity (Wildman–Crippen MR) is 141 cm³/mol. The topological polar surface area (TPSA) is 83.9 Å². The molecule has 5 aliphatic rings. The molecule has 4 saturated carbocycles. The van der Waals surface area contributed by atoms with E-state index in [1.54, 1.807) is 0 Å². The monoisotopic (exact) mass is 523 g/mol. The molecular formula is C29H49NO5S. The highest BCUT2D eigenvalue weighted by molar-refractivity contribution is 7.89. The second kappa shape index (κ2) is 9.73. The van der Waals surface area contributed by atoms with Crippen LogP contribution in [0.2, 0.25) is 0 Å². The molecule has 0 spiro atoms. The lowest BCUT2D eigenvalue weighted by molar-refractivity contribution is -0.152. The minimum Gasteiger partial charge on any atom is -0.449 e. The van der Waals surface area contributed by atoms with Crippen molar-refractivity contribution >= 4 is 16.1 Å². The van der Waals surface area contributed by atoms with E-state index in [1.807, 2.05) is 0 Å². The first-order chi connectivity index (χ1) is 17.0. The summed E-state index contributed by atoms with van der Waals surface area (Å²) < 4.78 is 30.4. The van der Waals surface area contributed by atoms with Crippen molar-refractivity contribution in [2.45, 2.75) is 104 Å². The minimum absolute atomic E-state index is 0.0434. The van der Waals surface area contributed by atoms with E-state index < -0.39 is 16.1 Å². The number of sulfonamides is 1. The van der Waals surface area contributed by atoms with Crippen molar-refractivity contribution in [3.8, 4) is 0 Å². The number of carbonyl (C=O) groups excluding carboxylic acids is 1. The maximum absolute atomic E-state index is 12.3. The van der Waals surface area contributed by atoms with E-state index in [9.17, 15) is 18.3 Å². The Labute approximate surface area is 219 Å². The molecule has 0 aromatic carbocycles.